The molecule has 0 bridgehead atoms. The van der Waals surface area contributed by atoms with Gasteiger partial charge in [0.15, 0.2) is 5.60 Å². The Labute approximate surface area is 89.6 Å². The van der Waals surface area contributed by atoms with Gasteiger partial charge in [0.2, 0.25) is 0 Å². The zero-order valence-electron chi connectivity index (χ0n) is 9.42. The summed E-state index contributed by atoms with van der Waals surface area (Å²) in [4.78, 5) is 11.8. The maximum absolute atomic E-state index is 11.8. The highest BCUT2D eigenvalue weighted by Crippen LogP contribution is 2.41. The molecule has 4 heteroatoms. The van der Waals surface area contributed by atoms with Crippen LogP contribution in [0.5, 0.6) is 0 Å². The van der Waals surface area contributed by atoms with Crippen molar-refractivity contribution in [1.29, 1.82) is 0 Å². The number of hydrogen-bond donors (Lipinski definition) is 1. The Hall–Kier alpha value is -1.03. The molecule has 2 aliphatic rings. The molecular weight excluding hydrogens is 194 g/mol. The summed E-state index contributed by atoms with van der Waals surface area (Å²) in [5.74, 6) is 0.783. The van der Waals surface area contributed by atoms with Crippen LogP contribution in [0.1, 0.15) is 33.6 Å². The zero-order valence-corrected chi connectivity index (χ0v) is 9.42. The summed E-state index contributed by atoms with van der Waals surface area (Å²) in [5.41, 5.74) is 0.161. The van der Waals surface area contributed by atoms with Crippen molar-refractivity contribution in [3.63, 3.8) is 0 Å². The highest BCUT2D eigenvalue weighted by atomic mass is 16.5. The van der Waals surface area contributed by atoms with Crippen LogP contribution in [0.25, 0.3) is 0 Å². The van der Waals surface area contributed by atoms with Gasteiger partial charge in [-0.05, 0) is 20.8 Å². The average Bonchev–Trinajstić information content (AvgIpc) is 2.11. The van der Waals surface area contributed by atoms with Gasteiger partial charge in [-0.1, -0.05) is 0 Å². The van der Waals surface area contributed by atoms with Gasteiger partial charge >= 0.3 is 0 Å². The second kappa shape index (κ2) is 3.52. The molecule has 1 aliphatic carbocycles. The van der Waals surface area contributed by atoms with Crippen LogP contribution in [-0.4, -0.2) is 24.2 Å². The lowest BCUT2D eigenvalue weighted by atomic mass is 9.75. The number of amides is 1. The summed E-state index contributed by atoms with van der Waals surface area (Å²) >= 11 is 0. The van der Waals surface area contributed by atoms with Crippen LogP contribution < -0.4 is 5.32 Å². The molecule has 1 N–H and O–H groups in total. The van der Waals surface area contributed by atoms with Gasteiger partial charge in [-0.15, -0.1) is 0 Å². The Balaban J connectivity index is 2.04. The normalized spacial score (nSPS) is 34.9. The van der Waals surface area contributed by atoms with E-state index in [4.69, 9.17) is 9.47 Å². The zero-order chi connectivity index (χ0) is 11.1. The first-order valence-electron chi connectivity index (χ1n) is 5.37. The summed E-state index contributed by atoms with van der Waals surface area (Å²) in [7, 11) is 0. The fourth-order valence-electron chi connectivity index (χ4n) is 2.09. The third kappa shape index (κ3) is 1.63. The van der Waals surface area contributed by atoms with E-state index in [-0.39, 0.29) is 12.0 Å². The van der Waals surface area contributed by atoms with E-state index in [2.05, 4.69) is 5.32 Å². The molecule has 0 aromatic rings. The van der Waals surface area contributed by atoms with Gasteiger partial charge in [-0.25, -0.2) is 0 Å². The van der Waals surface area contributed by atoms with Crippen LogP contribution in [0, 0.1) is 0 Å². The molecule has 0 unspecified atom stereocenters. The monoisotopic (exact) mass is 211 g/mol. The number of ether oxygens (including phenoxy) is 2. The van der Waals surface area contributed by atoms with Crippen molar-refractivity contribution in [3.05, 3.63) is 11.5 Å². The van der Waals surface area contributed by atoms with E-state index in [1.807, 2.05) is 20.8 Å². The standard InChI is InChI=1S/C11H17NO3/c1-4-14-9-5-11(6-9)10(13)12-7(2)8(3)15-11/h9H,4-6H2,1-3H3,(H,12,13). The molecule has 1 aliphatic heterocycles. The van der Waals surface area contributed by atoms with Crippen LogP contribution in [0.15, 0.2) is 11.5 Å². The van der Waals surface area contributed by atoms with Gasteiger partial charge in [-0.2, -0.15) is 0 Å². The van der Waals surface area contributed by atoms with Crippen LogP contribution >= 0.6 is 0 Å². The lowest BCUT2D eigenvalue weighted by molar-refractivity contribution is -0.179. The minimum atomic E-state index is -0.649. The second-order valence-corrected chi connectivity index (χ2v) is 4.22. The van der Waals surface area contributed by atoms with Crippen molar-refractivity contribution >= 4 is 5.91 Å². The molecule has 1 fully saturated rings. The highest BCUT2D eigenvalue weighted by molar-refractivity contribution is 5.89. The summed E-state index contributed by atoms with van der Waals surface area (Å²) in [6.45, 7) is 6.38. The van der Waals surface area contributed by atoms with E-state index in [1.54, 1.807) is 0 Å². The number of hydrogen-bond acceptors (Lipinski definition) is 3. The lowest BCUT2D eigenvalue weighted by Crippen LogP contribution is -2.61. The third-order valence-electron chi connectivity index (χ3n) is 3.11. The largest absolute Gasteiger partial charge is 0.480 e. The van der Waals surface area contributed by atoms with Gasteiger partial charge in [-0.3, -0.25) is 4.79 Å². The fraction of sp³-hybridized carbons (Fsp3) is 0.727. The van der Waals surface area contributed by atoms with Crippen molar-refractivity contribution in [2.45, 2.75) is 45.3 Å². The van der Waals surface area contributed by atoms with Crippen molar-refractivity contribution in [3.8, 4) is 0 Å². The van der Waals surface area contributed by atoms with E-state index in [1.165, 1.54) is 0 Å². The van der Waals surface area contributed by atoms with Crippen LogP contribution in [0.4, 0.5) is 0 Å². The van der Waals surface area contributed by atoms with Crippen molar-refractivity contribution < 1.29 is 14.3 Å². The van der Waals surface area contributed by atoms with Gasteiger partial charge in [0.1, 0.15) is 5.76 Å². The number of carbonyl (C=O) groups excluding carboxylic acids is 1. The summed E-state index contributed by atoms with van der Waals surface area (Å²) in [5, 5.41) is 2.84. The molecule has 0 saturated heterocycles. The molecule has 0 aromatic heterocycles. The second-order valence-electron chi connectivity index (χ2n) is 4.22. The quantitative estimate of drug-likeness (QED) is 0.749. The van der Waals surface area contributed by atoms with Crippen LogP contribution in [0.2, 0.25) is 0 Å². The van der Waals surface area contributed by atoms with E-state index in [0.717, 1.165) is 11.5 Å². The maximum atomic E-state index is 11.8. The molecule has 4 nitrogen and oxygen atoms in total. The molecule has 0 atom stereocenters. The number of rotatable bonds is 2. The average molecular weight is 211 g/mol. The van der Waals surface area contributed by atoms with E-state index < -0.39 is 5.60 Å². The molecule has 0 radical (unpaired) electrons. The van der Waals surface area contributed by atoms with E-state index >= 15 is 0 Å². The van der Waals surface area contributed by atoms with Crippen LogP contribution in [-0.2, 0) is 14.3 Å². The third-order valence-corrected chi connectivity index (χ3v) is 3.11. The number of carbonyl (C=O) groups is 1. The molecule has 1 saturated carbocycles. The van der Waals surface area contributed by atoms with Crippen molar-refractivity contribution in [2.24, 2.45) is 0 Å². The van der Waals surface area contributed by atoms with Crippen LogP contribution in [0.3, 0.4) is 0 Å². The Bertz CT molecular complexity index is 316. The molecule has 84 valence electrons. The first-order valence-corrected chi connectivity index (χ1v) is 5.37. The molecule has 1 spiro atoms. The Kier molecular flexibility index (Phi) is 2.46. The Morgan fingerprint density at radius 2 is 2.20 bits per heavy atom. The smallest absolute Gasteiger partial charge is 0.268 e. The van der Waals surface area contributed by atoms with E-state index in [9.17, 15) is 4.79 Å². The van der Waals surface area contributed by atoms with Gasteiger partial charge < -0.3 is 14.8 Å². The highest BCUT2D eigenvalue weighted by Gasteiger charge is 2.54. The first-order chi connectivity index (χ1) is 7.07. The molecule has 2 rings (SSSR count). The summed E-state index contributed by atoms with van der Waals surface area (Å²) in [6.07, 6.45) is 1.50. The van der Waals surface area contributed by atoms with Gasteiger partial charge in [0.05, 0.1) is 11.8 Å². The summed E-state index contributed by atoms with van der Waals surface area (Å²) < 4.78 is 11.1. The number of allylic oxidation sites excluding steroid dienone is 2. The fourth-order valence-corrected chi connectivity index (χ4v) is 2.09. The minimum Gasteiger partial charge on any atom is -0.480 e. The van der Waals surface area contributed by atoms with Crippen molar-refractivity contribution in [2.75, 3.05) is 6.61 Å². The molecule has 15 heavy (non-hydrogen) atoms. The SMILES string of the molecule is CCOC1CC2(C1)OC(C)=C(C)NC2=O. The summed E-state index contributed by atoms with van der Waals surface area (Å²) in [6, 6.07) is 0. The molecule has 1 amide bonds. The Morgan fingerprint density at radius 1 is 1.53 bits per heavy atom. The van der Waals surface area contributed by atoms with Crippen molar-refractivity contribution in [1.82, 2.24) is 5.32 Å². The predicted octanol–water partition coefficient (Wildman–Crippen LogP) is 1.32. The molecular formula is C11H17NO3. The minimum absolute atomic E-state index is 0.0263. The Morgan fingerprint density at radius 3 is 2.80 bits per heavy atom. The molecule has 1 heterocycles. The van der Waals surface area contributed by atoms with Gasteiger partial charge in [0, 0.05) is 19.4 Å². The van der Waals surface area contributed by atoms with E-state index in [0.29, 0.717) is 19.4 Å². The number of nitrogens with one attached hydrogen (secondary N) is 1. The van der Waals surface area contributed by atoms with Gasteiger partial charge in [0.25, 0.3) is 5.91 Å². The lowest BCUT2D eigenvalue weighted by Gasteiger charge is -2.47. The topological polar surface area (TPSA) is 47.6 Å². The molecule has 0 aromatic carbocycles. The predicted molar refractivity (Wildman–Crippen MR) is 55.0 cm³/mol. The first kappa shape index (κ1) is 10.5. The maximum Gasteiger partial charge on any atom is 0.268 e.